The van der Waals surface area contributed by atoms with Crippen LogP contribution in [-0.2, 0) is 9.53 Å². The Morgan fingerprint density at radius 3 is 2.15 bits per heavy atom. The van der Waals surface area contributed by atoms with Crippen molar-refractivity contribution in [1.29, 1.82) is 0 Å². The van der Waals surface area contributed by atoms with Gasteiger partial charge in [0.05, 0.1) is 0 Å². The van der Waals surface area contributed by atoms with E-state index in [1.165, 1.54) is 0 Å². The monoisotopic (exact) mass is 187 g/mol. The van der Waals surface area contributed by atoms with Gasteiger partial charge in [-0.05, 0) is 12.8 Å². The van der Waals surface area contributed by atoms with E-state index in [2.05, 4.69) is 6.92 Å². The molecule has 0 aliphatic rings. The van der Waals surface area contributed by atoms with Gasteiger partial charge in [-0.3, -0.25) is 4.79 Å². The number of hydrogen-bond donors (Lipinski definition) is 0. The summed E-state index contributed by atoms with van der Waals surface area (Å²) in [5.74, 6) is 0.0688. The average molecular weight is 187 g/mol. The third kappa shape index (κ3) is 2.69. The van der Waals surface area contributed by atoms with Crippen LogP contribution < -0.4 is 0 Å². The third-order valence-corrected chi connectivity index (χ3v) is 2.41. The Morgan fingerprint density at radius 2 is 1.92 bits per heavy atom. The molecule has 0 heterocycles. The number of methoxy groups -OCH3 is 1. The maximum Gasteiger partial charge on any atom is 0.254 e. The van der Waals surface area contributed by atoms with E-state index in [1.54, 1.807) is 26.1 Å². The fourth-order valence-corrected chi connectivity index (χ4v) is 1.58. The van der Waals surface area contributed by atoms with E-state index >= 15 is 0 Å². The molecule has 0 aromatic carbocycles. The second-order valence-corrected chi connectivity index (χ2v) is 3.50. The molecule has 0 aromatic rings. The smallest absolute Gasteiger partial charge is 0.254 e. The molecule has 1 unspecified atom stereocenters. The minimum atomic E-state index is -0.599. The summed E-state index contributed by atoms with van der Waals surface area (Å²) in [5.41, 5.74) is -0.599. The SMILES string of the molecule is CCCC(CC)(OC)C(=O)N(C)C. The number of hydrogen-bond acceptors (Lipinski definition) is 2. The quantitative estimate of drug-likeness (QED) is 0.655. The van der Waals surface area contributed by atoms with Gasteiger partial charge in [-0.2, -0.15) is 0 Å². The zero-order valence-corrected chi connectivity index (χ0v) is 9.39. The molecular weight excluding hydrogens is 166 g/mol. The lowest BCUT2D eigenvalue weighted by Crippen LogP contribution is -2.47. The number of nitrogens with zero attached hydrogens (tertiary/aromatic N) is 1. The molecule has 0 spiro atoms. The number of carbonyl (C=O) groups excluding carboxylic acids is 1. The molecule has 0 rings (SSSR count). The van der Waals surface area contributed by atoms with Crippen molar-refractivity contribution in [3.63, 3.8) is 0 Å². The van der Waals surface area contributed by atoms with Crippen molar-refractivity contribution < 1.29 is 9.53 Å². The second kappa shape index (κ2) is 5.22. The van der Waals surface area contributed by atoms with Crippen LogP contribution in [-0.4, -0.2) is 37.6 Å². The Bertz CT molecular complexity index is 162. The topological polar surface area (TPSA) is 29.5 Å². The van der Waals surface area contributed by atoms with Crippen LogP contribution >= 0.6 is 0 Å². The largest absolute Gasteiger partial charge is 0.368 e. The van der Waals surface area contributed by atoms with Crippen LogP contribution in [0.15, 0.2) is 0 Å². The normalized spacial score (nSPS) is 15.2. The number of ether oxygens (including phenoxy) is 1. The van der Waals surface area contributed by atoms with Gasteiger partial charge in [-0.1, -0.05) is 20.3 Å². The minimum Gasteiger partial charge on any atom is -0.368 e. The molecule has 0 aliphatic carbocycles. The van der Waals surface area contributed by atoms with Gasteiger partial charge in [-0.25, -0.2) is 0 Å². The Morgan fingerprint density at radius 1 is 1.38 bits per heavy atom. The molecule has 3 nitrogen and oxygen atoms in total. The molecule has 0 saturated heterocycles. The molecule has 0 aromatic heterocycles. The lowest BCUT2D eigenvalue weighted by molar-refractivity contribution is -0.153. The molecule has 0 radical (unpaired) electrons. The van der Waals surface area contributed by atoms with Gasteiger partial charge in [-0.15, -0.1) is 0 Å². The highest BCUT2D eigenvalue weighted by molar-refractivity contribution is 5.84. The highest BCUT2D eigenvalue weighted by atomic mass is 16.5. The van der Waals surface area contributed by atoms with Crippen molar-refractivity contribution in [2.24, 2.45) is 0 Å². The molecular formula is C10H21NO2. The van der Waals surface area contributed by atoms with Gasteiger partial charge in [0.25, 0.3) is 5.91 Å². The summed E-state index contributed by atoms with van der Waals surface area (Å²) in [6.07, 6.45) is 2.48. The zero-order chi connectivity index (χ0) is 10.5. The summed E-state index contributed by atoms with van der Waals surface area (Å²) in [7, 11) is 5.14. The fourth-order valence-electron chi connectivity index (χ4n) is 1.58. The molecule has 78 valence electrons. The number of carbonyl (C=O) groups is 1. The molecule has 13 heavy (non-hydrogen) atoms. The summed E-state index contributed by atoms with van der Waals surface area (Å²) < 4.78 is 5.36. The first-order chi connectivity index (χ1) is 6.04. The lowest BCUT2D eigenvalue weighted by Gasteiger charge is -2.32. The van der Waals surface area contributed by atoms with Crippen LogP contribution in [0.4, 0.5) is 0 Å². The second-order valence-electron chi connectivity index (χ2n) is 3.50. The van der Waals surface area contributed by atoms with Gasteiger partial charge in [0.1, 0.15) is 5.60 Å². The van der Waals surface area contributed by atoms with E-state index in [1.807, 2.05) is 6.92 Å². The Kier molecular flexibility index (Phi) is 4.99. The minimum absolute atomic E-state index is 0.0688. The number of likely N-dealkylation sites (N-methyl/N-ethyl adjacent to an activating group) is 1. The molecule has 0 bridgehead atoms. The Balaban J connectivity index is 4.64. The summed E-state index contributed by atoms with van der Waals surface area (Å²) in [6.45, 7) is 4.05. The predicted molar refractivity (Wildman–Crippen MR) is 53.6 cm³/mol. The molecule has 0 fully saturated rings. The van der Waals surface area contributed by atoms with Crippen molar-refractivity contribution >= 4 is 5.91 Å². The molecule has 0 N–H and O–H groups in total. The van der Waals surface area contributed by atoms with E-state index in [0.717, 1.165) is 19.3 Å². The lowest BCUT2D eigenvalue weighted by atomic mass is 9.93. The molecule has 1 atom stereocenters. The highest BCUT2D eigenvalue weighted by Crippen LogP contribution is 2.23. The number of rotatable bonds is 5. The highest BCUT2D eigenvalue weighted by Gasteiger charge is 2.36. The van der Waals surface area contributed by atoms with Gasteiger partial charge in [0.15, 0.2) is 0 Å². The van der Waals surface area contributed by atoms with Crippen LogP contribution in [0.25, 0.3) is 0 Å². The molecule has 0 aliphatic heterocycles. The van der Waals surface area contributed by atoms with Gasteiger partial charge >= 0.3 is 0 Å². The molecule has 1 amide bonds. The van der Waals surface area contributed by atoms with E-state index in [0.29, 0.717) is 0 Å². The predicted octanol–water partition coefficient (Wildman–Crippen LogP) is 1.67. The van der Waals surface area contributed by atoms with E-state index in [-0.39, 0.29) is 5.91 Å². The first-order valence-corrected chi connectivity index (χ1v) is 4.81. The summed E-state index contributed by atoms with van der Waals surface area (Å²) in [5, 5.41) is 0. The molecule has 0 saturated carbocycles. The van der Waals surface area contributed by atoms with E-state index in [9.17, 15) is 4.79 Å². The maximum absolute atomic E-state index is 11.8. The molecule has 3 heteroatoms. The first kappa shape index (κ1) is 12.4. The van der Waals surface area contributed by atoms with Crippen molar-refractivity contribution in [2.45, 2.75) is 38.7 Å². The standard InChI is InChI=1S/C10H21NO2/c1-6-8-10(7-2,13-5)9(12)11(3)4/h6-8H2,1-5H3. The zero-order valence-electron chi connectivity index (χ0n) is 9.39. The third-order valence-electron chi connectivity index (χ3n) is 2.41. The maximum atomic E-state index is 11.8. The van der Waals surface area contributed by atoms with Gasteiger partial charge in [0, 0.05) is 21.2 Å². The Hall–Kier alpha value is -0.570. The fraction of sp³-hybridized carbons (Fsp3) is 0.900. The average Bonchev–Trinajstić information content (AvgIpc) is 2.13. The van der Waals surface area contributed by atoms with Crippen LogP contribution in [0.3, 0.4) is 0 Å². The number of amides is 1. The Labute approximate surface area is 81.1 Å². The van der Waals surface area contributed by atoms with Crippen molar-refractivity contribution in [1.82, 2.24) is 4.90 Å². The van der Waals surface area contributed by atoms with Crippen molar-refractivity contribution in [3.8, 4) is 0 Å². The van der Waals surface area contributed by atoms with Gasteiger partial charge < -0.3 is 9.64 Å². The van der Waals surface area contributed by atoms with Crippen molar-refractivity contribution in [2.75, 3.05) is 21.2 Å². The summed E-state index contributed by atoms with van der Waals surface area (Å²) >= 11 is 0. The summed E-state index contributed by atoms with van der Waals surface area (Å²) in [6, 6.07) is 0. The van der Waals surface area contributed by atoms with Crippen LogP contribution in [0.2, 0.25) is 0 Å². The van der Waals surface area contributed by atoms with Crippen molar-refractivity contribution in [3.05, 3.63) is 0 Å². The first-order valence-electron chi connectivity index (χ1n) is 4.81. The van der Waals surface area contributed by atoms with E-state index in [4.69, 9.17) is 4.74 Å². The van der Waals surface area contributed by atoms with Gasteiger partial charge in [0.2, 0.25) is 0 Å². The van der Waals surface area contributed by atoms with Crippen LogP contribution in [0, 0.1) is 0 Å². The van der Waals surface area contributed by atoms with E-state index < -0.39 is 5.60 Å². The van der Waals surface area contributed by atoms with Crippen LogP contribution in [0.5, 0.6) is 0 Å². The van der Waals surface area contributed by atoms with Crippen LogP contribution in [0.1, 0.15) is 33.1 Å². The summed E-state index contributed by atoms with van der Waals surface area (Å²) in [4.78, 5) is 13.4.